The third-order valence-corrected chi connectivity index (χ3v) is 2.91. The van der Waals surface area contributed by atoms with Crippen LogP contribution in [0.2, 0.25) is 0 Å². The minimum Gasteiger partial charge on any atom is -0.298 e. The van der Waals surface area contributed by atoms with Gasteiger partial charge in [0.05, 0.1) is 0 Å². The van der Waals surface area contributed by atoms with Crippen molar-refractivity contribution in [3.8, 4) is 11.1 Å². The number of carbonyl (C=O) groups excluding carboxylic acids is 1. The molecule has 0 aromatic heterocycles. The second-order valence-electron chi connectivity index (χ2n) is 4.04. The van der Waals surface area contributed by atoms with Crippen molar-refractivity contribution < 1.29 is 4.79 Å². The third kappa shape index (κ3) is 1.44. The van der Waals surface area contributed by atoms with Crippen LogP contribution in [0.1, 0.15) is 27.0 Å². The van der Waals surface area contributed by atoms with Crippen LogP contribution in [0.15, 0.2) is 24.3 Å². The first-order valence-electron chi connectivity index (χ1n) is 5.10. The van der Waals surface area contributed by atoms with Crippen molar-refractivity contribution in [1.82, 2.24) is 0 Å². The van der Waals surface area contributed by atoms with Crippen LogP contribution >= 0.6 is 0 Å². The molecule has 0 unspecified atom stereocenters. The lowest BCUT2D eigenvalue weighted by Gasteiger charge is -2.03. The smallest absolute Gasteiger partial charge is 0.150 e. The van der Waals surface area contributed by atoms with Gasteiger partial charge >= 0.3 is 0 Å². The zero-order chi connectivity index (χ0) is 11.0. The number of aldehydes is 1. The van der Waals surface area contributed by atoms with Gasteiger partial charge in [-0.25, -0.2) is 0 Å². The highest BCUT2D eigenvalue weighted by molar-refractivity contribution is 5.94. The summed E-state index contributed by atoms with van der Waals surface area (Å²) in [5.41, 5.74) is 6.70. The molecule has 1 nitrogen and oxygen atoms in total. The number of carbonyl (C=O) groups is 1. The lowest BCUT2D eigenvalue weighted by molar-refractivity contribution is 0.112. The van der Waals surface area contributed by atoms with E-state index in [0.29, 0.717) is 0 Å². The monoisotopic (exact) mass is 198 g/mol. The minimum absolute atomic E-state index is 0.805. The molecular formula is C14H14O. The molecule has 0 aliphatic heterocycles. The molecular weight excluding hydrogens is 184 g/mol. The Morgan fingerprint density at radius 2 is 1.53 bits per heavy atom. The zero-order valence-electron chi connectivity index (χ0n) is 9.29. The van der Waals surface area contributed by atoms with Crippen LogP contribution < -0.4 is 0 Å². The van der Waals surface area contributed by atoms with E-state index >= 15 is 0 Å². The summed E-state index contributed by atoms with van der Waals surface area (Å²) in [6, 6.07) is 8.16. The van der Waals surface area contributed by atoms with Crippen LogP contribution in [0, 0.1) is 20.8 Å². The molecule has 2 rings (SSSR count). The van der Waals surface area contributed by atoms with Gasteiger partial charge in [-0.1, -0.05) is 18.2 Å². The Hall–Kier alpha value is -1.63. The van der Waals surface area contributed by atoms with Gasteiger partial charge in [0, 0.05) is 5.56 Å². The molecule has 0 saturated carbocycles. The Morgan fingerprint density at radius 1 is 0.933 bits per heavy atom. The molecule has 0 fully saturated rings. The second-order valence-corrected chi connectivity index (χ2v) is 4.04. The van der Waals surface area contributed by atoms with Gasteiger partial charge < -0.3 is 0 Å². The van der Waals surface area contributed by atoms with Gasteiger partial charge in [0.25, 0.3) is 0 Å². The molecule has 0 bridgehead atoms. The molecule has 1 heteroatoms. The van der Waals surface area contributed by atoms with Gasteiger partial charge in [-0.3, -0.25) is 4.79 Å². The fourth-order valence-corrected chi connectivity index (χ4v) is 2.25. The second kappa shape index (κ2) is 3.50. The number of hydrogen-bond donors (Lipinski definition) is 0. The Balaban J connectivity index is 2.92. The van der Waals surface area contributed by atoms with Crippen molar-refractivity contribution in [1.29, 1.82) is 0 Å². The topological polar surface area (TPSA) is 17.1 Å². The van der Waals surface area contributed by atoms with Gasteiger partial charge in [-0.05, 0) is 54.7 Å². The summed E-state index contributed by atoms with van der Waals surface area (Å²) in [5.74, 6) is 0. The van der Waals surface area contributed by atoms with E-state index in [1.54, 1.807) is 0 Å². The summed E-state index contributed by atoms with van der Waals surface area (Å²) in [4.78, 5) is 11.0. The maximum atomic E-state index is 11.0. The van der Waals surface area contributed by atoms with E-state index in [2.05, 4.69) is 26.0 Å². The van der Waals surface area contributed by atoms with Gasteiger partial charge in [0.2, 0.25) is 0 Å². The van der Waals surface area contributed by atoms with E-state index in [9.17, 15) is 4.79 Å². The first-order valence-corrected chi connectivity index (χ1v) is 5.10. The van der Waals surface area contributed by atoms with Crippen LogP contribution in [0.25, 0.3) is 11.1 Å². The molecule has 0 heterocycles. The Kier molecular flexibility index (Phi) is 2.31. The van der Waals surface area contributed by atoms with Crippen LogP contribution in [0.4, 0.5) is 0 Å². The van der Waals surface area contributed by atoms with Crippen LogP contribution in [-0.2, 0) is 0 Å². The molecule has 2 aliphatic carbocycles. The van der Waals surface area contributed by atoms with Crippen molar-refractivity contribution in [2.24, 2.45) is 0 Å². The number of aryl methyl sites for hydroxylation is 3. The highest BCUT2D eigenvalue weighted by Crippen LogP contribution is 2.35. The molecule has 76 valence electrons. The largest absolute Gasteiger partial charge is 0.298 e. The van der Waals surface area contributed by atoms with Crippen LogP contribution in [-0.4, -0.2) is 6.29 Å². The van der Waals surface area contributed by atoms with Crippen molar-refractivity contribution in [2.45, 2.75) is 20.8 Å². The predicted octanol–water partition coefficient (Wildman–Crippen LogP) is 3.53. The van der Waals surface area contributed by atoms with E-state index in [4.69, 9.17) is 0 Å². The number of hydrogen-bond acceptors (Lipinski definition) is 1. The van der Waals surface area contributed by atoms with Crippen molar-refractivity contribution in [3.05, 3.63) is 46.5 Å². The Labute approximate surface area is 90.1 Å². The molecule has 2 aliphatic rings. The van der Waals surface area contributed by atoms with E-state index in [1.807, 2.05) is 19.1 Å². The Morgan fingerprint density at radius 3 is 2.13 bits per heavy atom. The summed E-state index contributed by atoms with van der Waals surface area (Å²) < 4.78 is 0. The number of fused-ring (bicyclic) bond motifs is 1. The highest BCUT2D eigenvalue weighted by Gasteiger charge is 2.15. The summed E-state index contributed by atoms with van der Waals surface area (Å²) in [6.07, 6.45) is 0.946. The lowest BCUT2D eigenvalue weighted by atomic mass is 10.0. The maximum Gasteiger partial charge on any atom is 0.150 e. The highest BCUT2D eigenvalue weighted by atomic mass is 16.1. The average Bonchev–Trinajstić information content (AvgIpc) is 2.46. The number of rotatable bonds is 1. The van der Waals surface area contributed by atoms with Crippen molar-refractivity contribution >= 4 is 6.29 Å². The van der Waals surface area contributed by atoms with E-state index in [1.165, 1.54) is 16.7 Å². The normalized spacial score (nSPS) is 10.6. The molecule has 0 atom stereocenters. The van der Waals surface area contributed by atoms with Gasteiger partial charge in [0.1, 0.15) is 0 Å². The summed E-state index contributed by atoms with van der Waals surface area (Å²) in [7, 11) is 0. The summed E-state index contributed by atoms with van der Waals surface area (Å²) in [6.45, 7) is 6.19. The maximum absolute atomic E-state index is 11.0. The molecule has 0 radical (unpaired) electrons. The van der Waals surface area contributed by atoms with Crippen LogP contribution in [0.3, 0.4) is 0 Å². The Bertz CT molecular complexity index is 497. The zero-order valence-corrected chi connectivity index (χ0v) is 9.29. The first kappa shape index (κ1) is 9.91. The standard InChI is InChI=1S/C14H14O/c1-9-5-4-6-10(2)14-12(8-15)7-11(3)13(9)14/h4-8H,1-3H3. The molecule has 0 spiro atoms. The minimum atomic E-state index is 0.805. The SMILES string of the molecule is Cc1cccc(C)c2c(C=O)cc(C)c1-2. The fraction of sp³-hybridized carbons (Fsp3) is 0.214. The van der Waals surface area contributed by atoms with Gasteiger partial charge in [-0.15, -0.1) is 0 Å². The quantitative estimate of drug-likeness (QED) is 0.641. The molecule has 0 amide bonds. The molecule has 0 N–H and O–H groups in total. The molecule has 0 aromatic carbocycles. The predicted molar refractivity (Wildman–Crippen MR) is 62.7 cm³/mol. The first-order chi connectivity index (χ1) is 7.15. The van der Waals surface area contributed by atoms with E-state index in [-0.39, 0.29) is 0 Å². The summed E-state index contributed by atoms with van der Waals surface area (Å²) in [5, 5.41) is 0. The van der Waals surface area contributed by atoms with E-state index < -0.39 is 0 Å². The van der Waals surface area contributed by atoms with Crippen molar-refractivity contribution in [2.75, 3.05) is 0 Å². The molecule has 0 saturated heterocycles. The van der Waals surface area contributed by atoms with Gasteiger partial charge in [-0.2, -0.15) is 0 Å². The lowest BCUT2D eigenvalue weighted by Crippen LogP contribution is -1.84. The summed E-state index contributed by atoms with van der Waals surface area (Å²) >= 11 is 0. The third-order valence-electron chi connectivity index (χ3n) is 2.91. The molecule has 0 aromatic rings. The van der Waals surface area contributed by atoms with Crippen molar-refractivity contribution in [3.63, 3.8) is 0 Å². The average molecular weight is 198 g/mol. The van der Waals surface area contributed by atoms with Crippen LogP contribution in [0.5, 0.6) is 0 Å². The molecule has 15 heavy (non-hydrogen) atoms. The van der Waals surface area contributed by atoms with Gasteiger partial charge in [0.15, 0.2) is 6.29 Å². The fourth-order valence-electron chi connectivity index (χ4n) is 2.25. The van der Waals surface area contributed by atoms with E-state index in [0.717, 1.165) is 23.0 Å².